The summed E-state index contributed by atoms with van der Waals surface area (Å²) in [5.41, 5.74) is 3.18. The van der Waals surface area contributed by atoms with Crippen molar-refractivity contribution in [3.05, 3.63) is 35.8 Å². The summed E-state index contributed by atoms with van der Waals surface area (Å²) in [5, 5.41) is 6.58. The van der Waals surface area contributed by atoms with Crippen LogP contribution in [0.15, 0.2) is 29.4 Å². The van der Waals surface area contributed by atoms with Crippen molar-refractivity contribution in [1.82, 2.24) is 20.0 Å². The Morgan fingerprint density at radius 3 is 2.90 bits per heavy atom. The molecule has 0 fully saturated rings. The quantitative estimate of drug-likeness (QED) is 0.498. The van der Waals surface area contributed by atoms with Gasteiger partial charge in [-0.05, 0) is 25.5 Å². The number of pyridine rings is 1. The van der Waals surface area contributed by atoms with Gasteiger partial charge >= 0.3 is 0 Å². The molecule has 2 aromatic rings. The molecule has 0 saturated carbocycles. The van der Waals surface area contributed by atoms with Gasteiger partial charge in [-0.25, -0.2) is 4.98 Å². The third kappa shape index (κ3) is 3.50. The minimum absolute atomic E-state index is 0.674. The molecule has 0 aliphatic carbocycles. The highest BCUT2D eigenvalue weighted by molar-refractivity contribution is 5.79. The average Bonchev–Trinajstić information content (AvgIpc) is 2.87. The van der Waals surface area contributed by atoms with Crippen molar-refractivity contribution in [2.75, 3.05) is 13.6 Å². The number of aromatic nitrogens is 2. The van der Waals surface area contributed by atoms with Crippen LogP contribution in [0.5, 0.6) is 0 Å². The van der Waals surface area contributed by atoms with Gasteiger partial charge in [-0.1, -0.05) is 19.4 Å². The van der Waals surface area contributed by atoms with Crippen molar-refractivity contribution < 1.29 is 0 Å². The van der Waals surface area contributed by atoms with Crippen molar-refractivity contribution >= 4 is 11.6 Å². The van der Waals surface area contributed by atoms with E-state index in [1.807, 2.05) is 12.1 Å². The van der Waals surface area contributed by atoms with Crippen LogP contribution in [0.2, 0.25) is 0 Å². The number of aliphatic imine (C=N–C) groups is 1. The number of unbranched alkanes of at least 4 members (excludes halogenated alkanes) is 1. The highest BCUT2D eigenvalue weighted by Crippen LogP contribution is 2.08. The lowest BCUT2D eigenvalue weighted by Gasteiger charge is -2.10. The van der Waals surface area contributed by atoms with Crippen molar-refractivity contribution in [3.8, 4) is 0 Å². The molecule has 0 unspecified atom stereocenters. The van der Waals surface area contributed by atoms with Crippen molar-refractivity contribution in [1.29, 1.82) is 0 Å². The predicted molar refractivity (Wildman–Crippen MR) is 83.0 cm³/mol. The first-order valence-electron chi connectivity index (χ1n) is 7.12. The topological polar surface area (TPSA) is 53.7 Å². The number of hydrogen-bond acceptors (Lipinski definition) is 2. The van der Waals surface area contributed by atoms with Gasteiger partial charge in [-0.2, -0.15) is 0 Å². The van der Waals surface area contributed by atoms with E-state index in [1.54, 1.807) is 7.05 Å². The van der Waals surface area contributed by atoms with Crippen LogP contribution in [-0.2, 0) is 6.54 Å². The summed E-state index contributed by atoms with van der Waals surface area (Å²) in [7, 11) is 1.79. The molecule has 0 spiro atoms. The second-order valence-corrected chi connectivity index (χ2v) is 4.83. The van der Waals surface area contributed by atoms with Gasteiger partial charge in [-0.15, -0.1) is 0 Å². The predicted octanol–water partition coefficient (Wildman–Crippen LogP) is 2.11. The van der Waals surface area contributed by atoms with Crippen LogP contribution in [0.25, 0.3) is 5.65 Å². The number of imidazole rings is 1. The summed E-state index contributed by atoms with van der Waals surface area (Å²) >= 11 is 0. The number of fused-ring (bicyclic) bond motifs is 1. The lowest BCUT2D eigenvalue weighted by atomic mass is 10.3. The van der Waals surface area contributed by atoms with Crippen LogP contribution < -0.4 is 10.6 Å². The monoisotopic (exact) mass is 273 g/mol. The molecular weight excluding hydrogens is 250 g/mol. The van der Waals surface area contributed by atoms with E-state index in [-0.39, 0.29) is 0 Å². The summed E-state index contributed by atoms with van der Waals surface area (Å²) in [4.78, 5) is 8.80. The van der Waals surface area contributed by atoms with Crippen molar-refractivity contribution in [2.24, 2.45) is 4.99 Å². The van der Waals surface area contributed by atoms with Crippen LogP contribution >= 0.6 is 0 Å². The second kappa shape index (κ2) is 6.93. The van der Waals surface area contributed by atoms with E-state index < -0.39 is 0 Å². The summed E-state index contributed by atoms with van der Waals surface area (Å²) < 4.78 is 2.10. The lowest BCUT2D eigenvalue weighted by Crippen LogP contribution is -2.37. The molecule has 0 atom stereocenters. The molecular formula is C15H23N5. The molecule has 0 amide bonds. The number of nitrogens with one attached hydrogen (secondary N) is 2. The fraction of sp³-hybridized carbons (Fsp3) is 0.467. The van der Waals surface area contributed by atoms with E-state index in [4.69, 9.17) is 0 Å². The third-order valence-electron chi connectivity index (χ3n) is 3.23. The smallest absolute Gasteiger partial charge is 0.191 e. The summed E-state index contributed by atoms with van der Waals surface area (Å²) in [6.07, 6.45) is 4.39. The Hall–Kier alpha value is -2.04. The van der Waals surface area contributed by atoms with Gasteiger partial charge < -0.3 is 15.0 Å². The van der Waals surface area contributed by atoms with E-state index in [0.29, 0.717) is 6.54 Å². The Bertz CT molecular complexity index is 585. The van der Waals surface area contributed by atoms with Gasteiger partial charge in [0.2, 0.25) is 0 Å². The Labute approximate surface area is 120 Å². The lowest BCUT2D eigenvalue weighted by molar-refractivity contribution is 0.726. The highest BCUT2D eigenvalue weighted by Gasteiger charge is 2.04. The fourth-order valence-corrected chi connectivity index (χ4v) is 2.06. The minimum Gasteiger partial charge on any atom is -0.356 e. The second-order valence-electron chi connectivity index (χ2n) is 4.83. The number of hydrogen-bond donors (Lipinski definition) is 2. The zero-order valence-electron chi connectivity index (χ0n) is 12.5. The van der Waals surface area contributed by atoms with Gasteiger partial charge in [0.25, 0.3) is 0 Å². The maximum Gasteiger partial charge on any atom is 0.191 e. The molecule has 0 aromatic carbocycles. The van der Waals surface area contributed by atoms with E-state index in [1.165, 1.54) is 12.1 Å². The Kier molecular flexibility index (Phi) is 4.98. The fourth-order valence-electron chi connectivity index (χ4n) is 2.06. The Morgan fingerprint density at radius 1 is 1.35 bits per heavy atom. The first kappa shape index (κ1) is 14.4. The maximum atomic E-state index is 4.59. The molecule has 20 heavy (non-hydrogen) atoms. The molecule has 5 heteroatoms. The normalized spacial score (nSPS) is 11.8. The van der Waals surface area contributed by atoms with Crippen LogP contribution in [0.1, 0.15) is 31.2 Å². The van der Waals surface area contributed by atoms with Gasteiger partial charge in [0.1, 0.15) is 5.65 Å². The largest absolute Gasteiger partial charge is 0.356 e. The van der Waals surface area contributed by atoms with Crippen molar-refractivity contribution in [2.45, 2.75) is 33.2 Å². The molecule has 2 heterocycles. The molecule has 2 aromatic heterocycles. The standard InChI is InChI=1S/C15H23N5/c1-4-5-9-17-15(16-3)18-10-13-11-20-12(2)7-6-8-14(20)19-13/h6-8,11H,4-5,9-10H2,1-3H3,(H2,16,17,18). The molecule has 0 radical (unpaired) electrons. The van der Waals surface area contributed by atoms with Gasteiger partial charge in [0.15, 0.2) is 5.96 Å². The zero-order chi connectivity index (χ0) is 14.4. The van der Waals surface area contributed by atoms with E-state index in [0.717, 1.165) is 30.3 Å². The molecule has 0 aliphatic heterocycles. The van der Waals surface area contributed by atoms with Gasteiger partial charge in [0.05, 0.1) is 12.2 Å². The minimum atomic E-state index is 0.674. The molecule has 0 bridgehead atoms. The Balaban J connectivity index is 1.96. The number of aryl methyl sites for hydroxylation is 1. The van der Waals surface area contributed by atoms with Crippen molar-refractivity contribution in [3.63, 3.8) is 0 Å². The van der Waals surface area contributed by atoms with Crippen LogP contribution in [0.4, 0.5) is 0 Å². The average molecular weight is 273 g/mol. The first-order chi connectivity index (χ1) is 9.74. The van der Waals surface area contributed by atoms with Crippen LogP contribution in [-0.4, -0.2) is 28.9 Å². The number of guanidine groups is 1. The molecule has 5 nitrogen and oxygen atoms in total. The molecule has 108 valence electrons. The third-order valence-corrected chi connectivity index (χ3v) is 3.23. The zero-order valence-corrected chi connectivity index (χ0v) is 12.5. The number of rotatable bonds is 5. The maximum absolute atomic E-state index is 4.59. The molecule has 2 rings (SSSR count). The van der Waals surface area contributed by atoms with Gasteiger partial charge in [0, 0.05) is 25.5 Å². The van der Waals surface area contributed by atoms with E-state index >= 15 is 0 Å². The molecule has 0 saturated heterocycles. The summed E-state index contributed by atoms with van der Waals surface area (Å²) in [6, 6.07) is 6.13. The molecule has 2 N–H and O–H groups in total. The van der Waals surface area contributed by atoms with Crippen LogP contribution in [0.3, 0.4) is 0 Å². The Morgan fingerprint density at radius 2 is 2.20 bits per heavy atom. The highest BCUT2D eigenvalue weighted by atomic mass is 15.2. The SMILES string of the molecule is CCCCNC(=NC)NCc1cn2c(C)cccc2n1. The number of nitrogens with zero attached hydrogens (tertiary/aromatic N) is 3. The summed E-state index contributed by atoms with van der Waals surface area (Å²) in [5.74, 6) is 0.826. The first-order valence-corrected chi connectivity index (χ1v) is 7.12. The molecule has 0 aliphatic rings. The van der Waals surface area contributed by atoms with E-state index in [9.17, 15) is 0 Å². The van der Waals surface area contributed by atoms with Crippen LogP contribution in [0, 0.1) is 6.92 Å². The van der Waals surface area contributed by atoms with E-state index in [2.05, 4.69) is 51.1 Å². The summed E-state index contributed by atoms with van der Waals surface area (Å²) in [6.45, 7) is 5.88. The van der Waals surface area contributed by atoms with Gasteiger partial charge in [-0.3, -0.25) is 4.99 Å².